The van der Waals surface area contributed by atoms with Crippen LogP contribution in [0.3, 0.4) is 0 Å². The van der Waals surface area contributed by atoms with Gasteiger partial charge in [0, 0.05) is 12.0 Å². The van der Waals surface area contributed by atoms with E-state index in [0.717, 1.165) is 35.6 Å². The molecule has 0 aliphatic rings. The second-order valence-electron chi connectivity index (χ2n) is 6.70. The highest BCUT2D eigenvalue weighted by Crippen LogP contribution is 2.25. The van der Waals surface area contributed by atoms with E-state index < -0.39 is 0 Å². The molecule has 0 fully saturated rings. The van der Waals surface area contributed by atoms with Crippen LogP contribution in [0.25, 0.3) is 11.5 Å². The largest absolute Gasteiger partial charge is 0.487 e. The van der Waals surface area contributed by atoms with Crippen molar-refractivity contribution < 1.29 is 9.15 Å². The zero-order valence-corrected chi connectivity index (χ0v) is 15.8. The maximum Gasteiger partial charge on any atom is 0.226 e. The average molecular weight is 360 g/mol. The second kappa shape index (κ2) is 9.05. The minimum absolute atomic E-state index is 0.374. The zero-order valence-electron chi connectivity index (χ0n) is 15.8. The first kappa shape index (κ1) is 18.7. The summed E-state index contributed by atoms with van der Waals surface area (Å²) in [5, 5.41) is 8.65. The Morgan fingerprint density at radius 3 is 2.56 bits per heavy atom. The van der Waals surface area contributed by atoms with Gasteiger partial charge in [0.2, 0.25) is 5.89 Å². The molecular formula is C23H24N2O2. The number of rotatable bonds is 8. The van der Waals surface area contributed by atoms with E-state index in [1.807, 2.05) is 49.4 Å². The summed E-state index contributed by atoms with van der Waals surface area (Å²) in [5.41, 5.74) is 3.04. The Morgan fingerprint density at radius 2 is 1.85 bits per heavy atom. The van der Waals surface area contributed by atoms with E-state index in [1.165, 1.54) is 5.56 Å². The van der Waals surface area contributed by atoms with Crippen molar-refractivity contribution in [2.45, 2.75) is 45.6 Å². The number of nitriles is 1. The third-order valence-corrected chi connectivity index (χ3v) is 4.66. The molecule has 3 rings (SSSR count). The van der Waals surface area contributed by atoms with Crippen molar-refractivity contribution in [3.63, 3.8) is 0 Å². The Hall–Kier alpha value is -3.06. The van der Waals surface area contributed by atoms with Gasteiger partial charge in [-0.15, -0.1) is 0 Å². The van der Waals surface area contributed by atoms with Gasteiger partial charge in [-0.05, 0) is 55.5 Å². The predicted octanol–water partition coefficient (Wildman–Crippen LogP) is 6.03. The van der Waals surface area contributed by atoms with Gasteiger partial charge < -0.3 is 9.15 Å². The van der Waals surface area contributed by atoms with Gasteiger partial charge in [-0.25, -0.2) is 4.98 Å². The van der Waals surface area contributed by atoms with Crippen molar-refractivity contribution in [3.8, 4) is 23.3 Å². The molecule has 2 aromatic carbocycles. The summed E-state index contributed by atoms with van der Waals surface area (Å²) >= 11 is 0. The van der Waals surface area contributed by atoms with Gasteiger partial charge in [-0.1, -0.05) is 37.3 Å². The minimum Gasteiger partial charge on any atom is -0.487 e. The molecule has 4 nitrogen and oxygen atoms in total. The summed E-state index contributed by atoms with van der Waals surface area (Å²) < 4.78 is 11.7. The van der Waals surface area contributed by atoms with E-state index in [4.69, 9.17) is 14.4 Å². The van der Waals surface area contributed by atoms with E-state index in [-0.39, 0.29) is 0 Å². The van der Waals surface area contributed by atoms with Gasteiger partial charge in [-0.3, -0.25) is 0 Å². The normalized spacial score (nSPS) is 11.7. The van der Waals surface area contributed by atoms with Crippen LogP contribution >= 0.6 is 0 Å². The van der Waals surface area contributed by atoms with E-state index >= 15 is 0 Å². The fraction of sp³-hybridized carbons (Fsp3) is 0.304. The molecule has 0 saturated carbocycles. The highest BCUT2D eigenvalue weighted by Gasteiger charge is 2.12. The van der Waals surface area contributed by atoms with Crippen molar-refractivity contribution in [1.82, 2.24) is 4.98 Å². The Bertz CT molecular complexity index is 892. The average Bonchev–Trinajstić information content (AvgIpc) is 3.08. The molecule has 0 bridgehead atoms. The summed E-state index contributed by atoms with van der Waals surface area (Å²) in [6, 6.07) is 20.2. The molecule has 0 saturated heterocycles. The third-order valence-electron chi connectivity index (χ3n) is 4.66. The molecule has 4 heteroatoms. The van der Waals surface area contributed by atoms with Gasteiger partial charge >= 0.3 is 0 Å². The molecule has 0 N–H and O–H groups in total. The first-order valence-electron chi connectivity index (χ1n) is 9.29. The molecule has 1 unspecified atom stereocenters. The van der Waals surface area contributed by atoms with Gasteiger partial charge in [-0.2, -0.15) is 5.26 Å². The van der Waals surface area contributed by atoms with Crippen LogP contribution in [-0.4, -0.2) is 4.98 Å². The molecule has 0 aliphatic carbocycles. The highest BCUT2D eigenvalue weighted by molar-refractivity contribution is 5.53. The lowest BCUT2D eigenvalue weighted by Gasteiger charge is -2.12. The van der Waals surface area contributed by atoms with Gasteiger partial charge in [0.05, 0.1) is 6.07 Å². The maximum atomic E-state index is 8.65. The van der Waals surface area contributed by atoms with Crippen LogP contribution in [0.1, 0.15) is 49.1 Å². The number of nitrogens with zero attached hydrogens (tertiary/aromatic N) is 2. The molecule has 1 aromatic heterocycles. The Morgan fingerprint density at radius 1 is 1.11 bits per heavy atom. The number of aryl methyl sites for hydroxylation is 1. The molecule has 0 aliphatic heterocycles. The molecule has 0 radical (unpaired) electrons. The SMILES string of the molecule is Cc1oc(-c2ccccc2)nc1COc1ccc(C(C)CCCC#N)cc1. The summed E-state index contributed by atoms with van der Waals surface area (Å²) in [7, 11) is 0. The molecule has 27 heavy (non-hydrogen) atoms. The van der Waals surface area contributed by atoms with Crippen molar-refractivity contribution >= 4 is 0 Å². The molecule has 138 valence electrons. The van der Waals surface area contributed by atoms with E-state index in [0.29, 0.717) is 24.8 Å². The second-order valence-corrected chi connectivity index (χ2v) is 6.70. The number of benzene rings is 2. The van der Waals surface area contributed by atoms with Crippen molar-refractivity contribution in [2.24, 2.45) is 0 Å². The van der Waals surface area contributed by atoms with Crippen LogP contribution in [0.5, 0.6) is 5.75 Å². The number of hydrogen-bond donors (Lipinski definition) is 0. The standard InChI is InChI=1S/C23H24N2O2/c1-17(8-6-7-15-24)19-11-13-21(14-12-19)26-16-22-18(2)27-23(25-22)20-9-4-3-5-10-20/h3-5,9-14,17H,6-8,16H2,1-2H3. The van der Waals surface area contributed by atoms with E-state index in [2.05, 4.69) is 30.1 Å². The van der Waals surface area contributed by atoms with Gasteiger partial charge in [0.15, 0.2) is 0 Å². The summed E-state index contributed by atoms with van der Waals surface area (Å²) in [5.74, 6) is 2.65. The van der Waals surface area contributed by atoms with E-state index in [1.54, 1.807) is 0 Å². The van der Waals surface area contributed by atoms with Crippen LogP contribution in [0.2, 0.25) is 0 Å². The smallest absolute Gasteiger partial charge is 0.226 e. The van der Waals surface area contributed by atoms with Crippen molar-refractivity contribution in [1.29, 1.82) is 5.26 Å². The van der Waals surface area contributed by atoms with Gasteiger partial charge in [0.1, 0.15) is 23.8 Å². The fourth-order valence-electron chi connectivity index (χ4n) is 2.96. The monoisotopic (exact) mass is 360 g/mol. The van der Waals surface area contributed by atoms with Crippen molar-refractivity contribution in [3.05, 3.63) is 71.6 Å². The lowest BCUT2D eigenvalue weighted by atomic mass is 9.95. The molecule has 3 aromatic rings. The summed E-state index contributed by atoms with van der Waals surface area (Å²) in [6.07, 6.45) is 2.58. The first-order chi connectivity index (χ1) is 13.2. The first-order valence-corrected chi connectivity index (χ1v) is 9.29. The minimum atomic E-state index is 0.374. The number of oxazole rings is 1. The quantitative estimate of drug-likeness (QED) is 0.460. The zero-order chi connectivity index (χ0) is 19.1. The van der Waals surface area contributed by atoms with Crippen LogP contribution in [0.4, 0.5) is 0 Å². The third kappa shape index (κ3) is 4.98. The van der Waals surface area contributed by atoms with Crippen LogP contribution in [0.15, 0.2) is 59.0 Å². The Kier molecular flexibility index (Phi) is 6.27. The number of hydrogen-bond acceptors (Lipinski definition) is 4. The summed E-state index contributed by atoms with van der Waals surface area (Å²) in [4.78, 5) is 4.56. The molecule has 1 heterocycles. The summed E-state index contributed by atoms with van der Waals surface area (Å²) in [6.45, 7) is 4.47. The topological polar surface area (TPSA) is 59.1 Å². The van der Waals surface area contributed by atoms with Gasteiger partial charge in [0.25, 0.3) is 0 Å². The van der Waals surface area contributed by atoms with Crippen LogP contribution in [-0.2, 0) is 6.61 Å². The Labute approximate surface area is 160 Å². The molecule has 0 amide bonds. The highest BCUT2D eigenvalue weighted by atomic mass is 16.5. The number of ether oxygens (including phenoxy) is 1. The predicted molar refractivity (Wildman–Crippen MR) is 105 cm³/mol. The van der Waals surface area contributed by atoms with Crippen molar-refractivity contribution in [2.75, 3.05) is 0 Å². The number of aromatic nitrogens is 1. The van der Waals surface area contributed by atoms with E-state index in [9.17, 15) is 0 Å². The maximum absolute atomic E-state index is 8.65. The lowest BCUT2D eigenvalue weighted by molar-refractivity contribution is 0.299. The van der Waals surface area contributed by atoms with Crippen LogP contribution < -0.4 is 4.74 Å². The molecular weight excluding hydrogens is 336 g/mol. The fourth-order valence-corrected chi connectivity index (χ4v) is 2.96. The molecule has 0 spiro atoms. The molecule has 1 atom stereocenters. The lowest BCUT2D eigenvalue weighted by Crippen LogP contribution is -1.98. The number of unbranched alkanes of at least 4 members (excludes halogenated alkanes) is 1. The Balaban J connectivity index is 1.59. The van der Waals surface area contributed by atoms with Crippen LogP contribution in [0, 0.1) is 18.3 Å².